The summed E-state index contributed by atoms with van der Waals surface area (Å²) in [6, 6.07) is 4.15. The van der Waals surface area contributed by atoms with Crippen LogP contribution >= 0.6 is 0 Å². The molecular weight excluding hydrogens is 238 g/mol. The Morgan fingerprint density at radius 2 is 1.84 bits per heavy atom. The van der Waals surface area contributed by atoms with Gasteiger partial charge in [0.15, 0.2) is 0 Å². The molecule has 3 heteroatoms. The van der Waals surface area contributed by atoms with E-state index in [1.54, 1.807) is 7.11 Å². The topological polar surface area (TPSA) is 41.5 Å². The van der Waals surface area contributed by atoms with Crippen LogP contribution in [0.2, 0.25) is 0 Å². The number of nitrogens with one attached hydrogen (secondary N) is 1. The third-order valence-electron chi connectivity index (χ3n) is 4.30. The quantitative estimate of drug-likeness (QED) is 0.792. The Kier molecular flexibility index (Phi) is 5.67. The molecule has 0 aromatic heterocycles. The van der Waals surface area contributed by atoms with Crippen LogP contribution in [0.25, 0.3) is 0 Å². The van der Waals surface area contributed by atoms with Crippen molar-refractivity contribution in [2.45, 2.75) is 40.5 Å². The largest absolute Gasteiger partial charge is 0.496 e. The lowest BCUT2D eigenvalue weighted by Crippen LogP contribution is -2.32. The van der Waals surface area contributed by atoms with E-state index in [0.717, 1.165) is 42.0 Å². The Morgan fingerprint density at radius 3 is 2.32 bits per heavy atom. The van der Waals surface area contributed by atoms with Gasteiger partial charge in [0.05, 0.1) is 13.7 Å². The first kappa shape index (κ1) is 15.8. The second-order valence-corrected chi connectivity index (χ2v) is 5.31. The number of rotatable bonds is 7. The molecule has 0 spiro atoms. The molecule has 0 aliphatic carbocycles. The van der Waals surface area contributed by atoms with Crippen LogP contribution in [0, 0.1) is 19.3 Å². The second-order valence-electron chi connectivity index (χ2n) is 5.31. The summed E-state index contributed by atoms with van der Waals surface area (Å²) in [5, 5.41) is 13.1. The lowest BCUT2D eigenvalue weighted by atomic mass is 9.83. The summed E-state index contributed by atoms with van der Waals surface area (Å²) < 4.78 is 5.44. The summed E-state index contributed by atoms with van der Waals surface area (Å²) in [4.78, 5) is 0. The van der Waals surface area contributed by atoms with Gasteiger partial charge in [-0.05, 0) is 38.3 Å². The predicted octanol–water partition coefficient (Wildman–Crippen LogP) is 3.52. The molecule has 1 rings (SSSR count). The third-order valence-corrected chi connectivity index (χ3v) is 4.30. The Bertz CT molecular complexity index is 403. The van der Waals surface area contributed by atoms with Gasteiger partial charge in [-0.1, -0.05) is 19.9 Å². The zero-order valence-corrected chi connectivity index (χ0v) is 12.8. The molecule has 0 atom stereocenters. The van der Waals surface area contributed by atoms with Crippen LogP contribution in [0.3, 0.4) is 0 Å². The van der Waals surface area contributed by atoms with Crippen molar-refractivity contribution >= 4 is 5.69 Å². The van der Waals surface area contributed by atoms with Gasteiger partial charge in [-0.15, -0.1) is 0 Å². The summed E-state index contributed by atoms with van der Waals surface area (Å²) in [7, 11) is 1.70. The average Bonchev–Trinajstić information content (AvgIpc) is 2.43. The minimum Gasteiger partial charge on any atom is -0.496 e. The smallest absolute Gasteiger partial charge is 0.126 e. The van der Waals surface area contributed by atoms with Gasteiger partial charge in [0.25, 0.3) is 0 Å². The SMILES string of the molecule is CCC(CC)(CO)CNc1ccc(C)c(OC)c1C. The van der Waals surface area contributed by atoms with Crippen molar-refractivity contribution < 1.29 is 9.84 Å². The Labute approximate surface area is 117 Å². The molecule has 0 radical (unpaired) electrons. The molecule has 2 N–H and O–H groups in total. The highest BCUT2D eigenvalue weighted by molar-refractivity contribution is 5.59. The molecule has 0 aliphatic rings. The maximum atomic E-state index is 9.60. The molecule has 0 aliphatic heterocycles. The molecule has 0 amide bonds. The van der Waals surface area contributed by atoms with Gasteiger partial charge < -0.3 is 15.2 Å². The summed E-state index contributed by atoms with van der Waals surface area (Å²) in [5.74, 6) is 0.938. The Balaban J connectivity index is 2.89. The maximum Gasteiger partial charge on any atom is 0.126 e. The van der Waals surface area contributed by atoms with Crippen LogP contribution in [0.5, 0.6) is 5.75 Å². The van der Waals surface area contributed by atoms with Crippen LogP contribution in [0.1, 0.15) is 37.8 Å². The fraction of sp³-hybridized carbons (Fsp3) is 0.625. The van der Waals surface area contributed by atoms with Crippen molar-refractivity contribution in [1.82, 2.24) is 0 Å². The molecule has 3 nitrogen and oxygen atoms in total. The Morgan fingerprint density at radius 1 is 1.21 bits per heavy atom. The summed E-state index contributed by atoms with van der Waals surface area (Å²) in [6.07, 6.45) is 1.93. The van der Waals surface area contributed by atoms with Gasteiger partial charge in [0.2, 0.25) is 0 Å². The highest BCUT2D eigenvalue weighted by atomic mass is 16.5. The van der Waals surface area contributed by atoms with E-state index in [4.69, 9.17) is 4.74 Å². The summed E-state index contributed by atoms with van der Waals surface area (Å²) in [5.41, 5.74) is 3.32. The van der Waals surface area contributed by atoms with Crippen molar-refractivity contribution in [3.63, 3.8) is 0 Å². The third kappa shape index (κ3) is 3.41. The van der Waals surface area contributed by atoms with E-state index in [1.165, 1.54) is 0 Å². The minimum absolute atomic E-state index is 0.0371. The van der Waals surface area contributed by atoms with Gasteiger partial charge in [0, 0.05) is 23.2 Å². The van der Waals surface area contributed by atoms with E-state index in [2.05, 4.69) is 38.2 Å². The number of hydrogen-bond donors (Lipinski definition) is 2. The average molecular weight is 265 g/mol. The minimum atomic E-state index is -0.0371. The van der Waals surface area contributed by atoms with Crippen molar-refractivity contribution in [2.75, 3.05) is 25.6 Å². The van der Waals surface area contributed by atoms with E-state index >= 15 is 0 Å². The lowest BCUT2D eigenvalue weighted by Gasteiger charge is -2.30. The molecule has 0 unspecified atom stereocenters. The lowest BCUT2D eigenvalue weighted by molar-refractivity contribution is 0.127. The molecule has 0 saturated heterocycles. The van der Waals surface area contributed by atoms with Gasteiger partial charge in [-0.2, -0.15) is 0 Å². The maximum absolute atomic E-state index is 9.60. The molecular formula is C16H27NO2. The number of aryl methyl sites for hydroxylation is 1. The van der Waals surface area contributed by atoms with E-state index in [9.17, 15) is 5.11 Å². The molecule has 0 saturated carbocycles. The van der Waals surface area contributed by atoms with E-state index in [-0.39, 0.29) is 12.0 Å². The second kappa shape index (κ2) is 6.80. The molecule has 0 bridgehead atoms. The standard InChI is InChI=1S/C16H27NO2/c1-6-16(7-2,11-18)10-17-14-9-8-12(3)15(19-5)13(14)4/h8-9,17-18H,6-7,10-11H2,1-5H3. The van der Waals surface area contributed by atoms with Crippen LogP contribution in [0.15, 0.2) is 12.1 Å². The van der Waals surface area contributed by atoms with Crippen molar-refractivity contribution in [3.8, 4) is 5.75 Å². The number of aliphatic hydroxyl groups excluding tert-OH is 1. The molecule has 1 aromatic carbocycles. The molecule has 1 aromatic rings. The van der Waals surface area contributed by atoms with Crippen LogP contribution in [-0.4, -0.2) is 25.4 Å². The zero-order valence-electron chi connectivity index (χ0n) is 12.8. The fourth-order valence-electron chi connectivity index (χ4n) is 2.39. The van der Waals surface area contributed by atoms with E-state index < -0.39 is 0 Å². The van der Waals surface area contributed by atoms with Crippen molar-refractivity contribution in [2.24, 2.45) is 5.41 Å². The highest BCUT2D eigenvalue weighted by Crippen LogP contribution is 2.31. The highest BCUT2D eigenvalue weighted by Gasteiger charge is 2.25. The number of anilines is 1. The molecule has 108 valence electrons. The first-order valence-corrected chi connectivity index (χ1v) is 7.02. The first-order chi connectivity index (χ1) is 9.03. The molecule has 19 heavy (non-hydrogen) atoms. The summed E-state index contributed by atoms with van der Waals surface area (Å²) in [6.45, 7) is 9.37. The first-order valence-electron chi connectivity index (χ1n) is 7.02. The summed E-state index contributed by atoms with van der Waals surface area (Å²) >= 11 is 0. The van der Waals surface area contributed by atoms with Gasteiger partial charge in [-0.25, -0.2) is 0 Å². The van der Waals surface area contributed by atoms with E-state index in [0.29, 0.717) is 0 Å². The van der Waals surface area contributed by atoms with Crippen LogP contribution in [-0.2, 0) is 0 Å². The number of methoxy groups -OCH3 is 1. The monoisotopic (exact) mass is 265 g/mol. The van der Waals surface area contributed by atoms with Gasteiger partial charge in [-0.3, -0.25) is 0 Å². The van der Waals surface area contributed by atoms with E-state index in [1.807, 2.05) is 6.92 Å². The molecule has 0 fully saturated rings. The number of hydrogen-bond acceptors (Lipinski definition) is 3. The normalized spacial score (nSPS) is 11.5. The van der Waals surface area contributed by atoms with Gasteiger partial charge >= 0.3 is 0 Å². The van der Waals surface area contributed by atoms with Crippen molar-refractivity contribution in [3.05, 3.63) is 23.3 Å². The van der Waals surface area contributed by atoms with Crippen molar-refractivity contribution in [1.29, 1.82) is 0 Å². The van der Waals surface area contributed by atoms with Crippen LogP contribution < -0.4 is 10.1 Å². The fourth-order valence-corrected chi connectivity index (χ4v) is 2.39. The zero-order chi connectivity index (χ0) is 14.5. The van der Waals surface area contributed by atoms with Crippen LogP contribution in [0.4, 0.5) is 5.69 Å². The predicted molar refractivity (Wildman–Crippen MR) is 81.1 cm³/mol. The number of aliphatic hydroxyl groups is 1. The number of ether oxygens (including phenoxy) is 1. The van der Waals surface area contributed by atoms with Gasteiger partial charge in [0.1, 0.15) is 5.75 Å². The Hall–Kier alpha value is -1.22. The molecule has 0 heterocycles. The number of benzene rings is 1.